The van der Waals surface area contributed by atoms with Crippen LogP contribution in [0.15, 0.2) is 22.7 Å². The maximum Gasteiger partial charge on any atom is 0.132 e. The average Bonchev–Trinajstić information content (AvgIpc) is 3.16. The summed E-state index contributed by atoms with van der Waals surface area (Å²) in [5.74, 6) is 2.40. The molecule has 0 spiro atoms. The first-order chi connectivity index (χ1) is 9.49. The third-order valence-corrected chi connectivity index (χ3v) is 4.54. The second-order valence-electron chi connectivity index (χ2n) is 5.57. The van der Waals surface area contributed by atoms with Crippen molar-refractivity contribution in [1.82, 2.24) is 9.55 Å². The van der Waals surface area contributed by atoms with Crippen LogP contribution < -0.4 is 5.73 Å². The number of halogens is 2. The lowest BCUT2D eigenvalue weighted by Crippen LogP contribution is -2.08. The standard InChI is InChI=1S/C15H17BrClN3/c1-8(2)20-14(18)13(19-15(20)9-3-4-9)11-7-10(17)5-6-12(11)16/h5-9H,3-4,18H2,1-2H3. The van der Waals surface area contributed by atoms with Gasteiger partial charge in [-0.1, -0.05) is 27.5 Å². The van der Waals surface area contributed by atoms with E-state index in [1.54, 1.807) is 0 Å². The highest BCUT2D eigenvalue weighted by molar-refractivity contribution is 9.10. The quantitative estimate of drug-likeness (QED) is 0.842. The molecule has 1 aliphatic carbocycles. The number of anilines is 1. The van der Waals surface area contributed by atoms with Crippen molar-refractivity contribution >= 4 is 33.3 Å². The van der Waals surface area contributed by atoms with Gasteiger partial charge in [0.1, 0.15) is 17.3 Å². The van der Waals surface area contributed by atoms with Gasteiger partial charge in [0.2, 0.25) is 0 Å². The predicted octanol–water partition coefficient (Wildman–Crippen LogP) is 5.01. The molecule has 3 nitrogen and oxygen atoms in total. The topological polar surface area (TPSA) is 43.8 Å². The molecule has 0 aliphatic heterocycles. The zero-order valence-corrected chi connectivity index (χ0v) is 13.9. The molecule has 106 valence electrons. The van der Waals surface area contributed by atoms with Gasteiger partial charge in [-0.05, 0) is 44.9 Å². The molecule has 0 unspecified atom stereocenters. The minimum Gasteiger partial charge on any atom is -0.383 e. The van der Waals surface area contributed by atoms with Gasteiger partial charge in [-0.15, -0.1) is 0 Å². The first-order valence-electron chi connectivity index (χ1n) is 6.82. The monoisotopic (exact) mass is 353 g/mol. The van der Waals surface area contributed by atoms with Crippen LogP contribution in [0.25, 0.3) is 11.3 Å². The Hall–Kier alpha value is -1.00. The van der Waals surface area contributed by atoms with Gasteiger partial charge >= 0.3 is 0 Å². The van der Waals surface area contributed by atoms with Crippen molar-refractivity contribution in [3.63, 3.8) is 0 Å². The number of hydrogen-bond donors (Lipinski definition) is 1. The number of nitrogen functional groups attached to an aromatic ring is 1. The summed E-state index contributed by atoms with van der Waals surface area (Å²) < 4.78 is 3.12. The van der Waals surface area contributed by atoms with E-state index in [1.165, 1.54) is 12.8 Å². The summed E-state index contributed by atoms with van der Waals surface area (Å²) >= 11 is 9.67. The molecule has 2 aromatic rings. The van der Waals surface area contributed by atoms with Gasteiger partial charge in [-0.25, -0.2) is 4.98 Å². The minimum atomic E-state index is 0.310. The lowest BCUT2D eigenvalue weighted by Gasteiger charge is -2.13. The maximum absolute atomic E-state index is 6.36. The third kappa shape index (κ3) is 2.35. The fourth-order valence-electron chi connectivity index (χ4n) is 2.51. The molecule has 1 saturated carbocycles. The SMILES string of the molecule is CC(C)n1c(C2CC2)nc(-c2cc(Cl)ccc2Br)c1N. The molecule has 0 saturated heterocycles. The number of aromatic nitrogens is 2. The lowest BCUT2D eigenvalue weighted by molar-refractivity contribution is 0.576. The summed E-state index contributed by atoms with van der Waals surface area (Å²) in [6.07, 6.45) is 2.42. The maximum atomic E-state index is 6.36. The van der Waals surface area contributed by atoms with Crippen LogP contribution in [-0.2, 0) is 0 Å². The molecular formula is C15H17BrClN3. The Labute approximate surface area is 132 Å². The third-order valence-electron chi connectivity index (χ3n) is 3.62. The van der Waals surface area contributed by atoms with Gasteiger partial charge in [0.15, 0.2) is 0 Å². The molecule has 1 aromatic carbocycles. The molecular weight excluding hydrogens is 338 g/mol. The molecule has 1 aromatic heterocycles. The van der Waals surface area contributed by atoms with E-state index >= 15 is 0 Å². The Bertz CT molecular complexity index is 659. The Morgan fingerprint density at radius 2 is 2.10 bits per heavy atom. The molecule has 1 aliphatic rings. The van der Waals surface area contributed by atoms with Crippen LogP contribution in [0, 0.1) is 0 Å². The summed E-state index contributed by atoms with van der Waals surface area (Å²) in [5.41, 5.74) is 8.14. The Balaban J connectivity index is 2.19. The summed E-state index contributed by atoms with van der Waals surface area (Å²) in [7, 11) is 0. The van der Waals surface area contributed by atoms with E-state index in [0.29, 0.717) is 17.0 Å². The number of nitrogens with zero attached hydrogens (tertiary/aromatic N) is 2. The van der Waals surface area contributed by atoms with Crippen molar-refractivity contribution in [2.24, 2.45) is 0 Å². The average molecular weight is 355 g/mol. The van der Waals surface area contributed by atoms with Gasteiger partial charge in [0, 0.05) is 27.0 Å². The van der Waals surface area contributed by atoms with Crippen molar-refractivity contribution < 1.29 is 0 Å². The number of rotatable bonds is 3. The Kier molecular flexibility index (Phi) is 3.55. The van der Waals surface area contributed by atoms with Crippen LogP contribution in [0.2, 0.25) is 5.02 Å². The zero-order valence-electron chi connectivity index (χ0n) is 11.5. The summed E-state index contributed by atoms with van der Waals surface area (Å²) in [6.45, 7) is 4.28. The van der Waals surface area contributed by atoms with Gasteiger partial charge < -0.3 is 10.3 Å². The van der Waals surface area contributed by atoms with E-state index in [9.17, 15) is 0 Å². The number of nitrogens with two attached hydrogens (primary N) is 1. The second-order valence-corrected chi connectivity index (χ2v) is 6.86. The van der Waals surface area contributed by atoms with Crippen LogP contribution >= 0.6 is 27.5 Å². The number of hydrogen-bond acceptors (Lipinski definition) is 2. The molecule has 0 radical (unpaired) electrons. The van der Waals surface area contributed by atoms with Crippen LogP contribution in [-0.4, -0.2) is 9.55 Å². The first kappa shape index (κ1) is 14.0. The number of benzene rings is 1. The van der Waals surface area contributed by atoms with Gasteiger partial charge in [0.25, 0.3) is 0 Å². The molecule has 1 heterocycles. The van der Waals surface area contributed by atoms with Gasteiger partial charge in [-0.3, -0.25) is 0 Å². The highest BCUT2D eigenvalue weighted by Gasteiger charge is 2.32. The lowest BCUT2D eigenvalue weighted by atomic mass is 10.1. The van der Waals surface area contributed by atoms with E-state index in [-0.39, 0.29) is 0 Å². The van der Waals surface area contributed by atoms with E-state index in [4.69, 9.17) is 22.3 Å². The van der Waals surface area contributed by atoms with Crippen molar-refractivity contribution in [1.29, 1.82) is 0 Å². The summed E-state index contributed by atoms with van der Waals surface area (Å²) in [6, 6.07) is 6.00. The minimum absolute atomic E-state index is 0.310. The van der Waals surface area contributed by atoms with E-state index in [1.807, 2.05) is 18.2 Å². The smallest absolute Gasteiger partial charge is 0.132 e. The van der Waals surface area contributed by atoms with Crippen LogP contribution in [0.3, 0.4) is 0 Å². The van der Waals surface area contributed by atoms with Gasteiger partial charge in [0.05, 0.1) is 0 Å². The highest BCUT2D eigenvalue weighted by atomic mass is 79.9. The molecule has 0 amide bonds. The summed E-state index contributed by atoms with van der Waals surface area (Å²) in [4.78, 5) is 4.81. The van der Waals surface area contributed by atoms with Crippen molar-refractivity contribution in [2.45, 2.75) is 38.6 Å². The largest absolute Gasteiger partial charge is 0.383 e. The summed E-state index contributed by atoms with van der Waals surface area (Å²) in [5, 5.41) is 0.690. The highest BCUT2D eigenvalue weighted by Crippen LogP contribution is 2.44. The Morgan fingerprint density at radius 1 is 1.40 bits per heavy atom. The van der Waals surface area contributed by atoms with Crippen LogP contribution in [0.4, 0.5) is 5.82 Å². The van der Waals surface area contributed by atoms with Crippen molar-refractivity contribution in [3.8, 4) is 11.3 Å². The molecule has 5 heteroatoms. The van der Waals surface area contributed by atoms with Crippen LogP contribution in [0.1, 0.15) is 44.5 Å². The van der Waals surface area contributed by atoms with E-state index in [2.05, 4.69) is 34.3 Å². The predicted molar refractivity (Wildman–Crippen MR) is 87.1 cm³/mol. The zero-order chi connectivity index (χ0) is 14.4. The molecule has 3 rings (SSSR count). The van der Waals surface area contributed by atoms with Crippen LogP contribution in [0.5, 0.6) is 0 Å². The fraction of sp³-hybridized carbons (Fsp3) is 0.400. The van der Waals surface area contributed by atoms with Gasteiger partial charge in [-0.2, -0.15) is 0 Å². The van der Waals surface area contributed by atoms with E-state index < -0.39 is 0 Å². The fourth-order valence-corrected chi connectivity index (χ4v) is 3.12. The van der Waals surface area contributed by atoms with Crippen molar-refractivity contribution in [2.75, 3.05) is 5.73 Å². The molecule has 0 atom stereocenters. The number of imidazole rings is 1. The molecule has 0 bridgehead atoms. The second kappa shape index (κ2) is 5.08. The van der Waals surface area contributed by atoms with E-state index in [0.717, 1.165) is 27.4 Å². The first-order valence-corrected chi connectivity index (χ1v) is 7.99. The Morgan fingerprint density at radius 3 is 2.70 bits per heavy atom. The molecule has 2 N–H and O–H groups in total. The molecule has 1 fully saturated rings. The van der Waals surface area contributed by atoms with Crippen molar-refractivity contribution in [3.05, 3.63) is 33.5 Å². The molecule has 20 heavy (non-hydrogen) atoms. The normalized spacial score (nSPS) is 15.1.